The van der Waals surface area contributed by atoms with Crippen LogP contribution in [0.1, 0.15) is 28.8 Å². The SMILES string of the molecule is COC(=O)c1ccccc1S(=O)(=O)N1CCC(C(=O)NCc2ccc(F)cc2)CC1. The van der Waals surface area contributed by atoms with Gasteiger partial charge in [-0.3, -0.25) is 4.79 Å². The lowest BCUT2D eigenvalue weighted by atomic mass is 9.97. The highest BCUT2D eigenvalue weighted by molar-refractivity contribution is 7.89. The summed E-state index contributed by atoms with van der Waals surface area (Å²) in [6.45, 7) is 0.628. The lowest BCUT2D eigenvalue weighted by molar-refractivity contribution is -0.126. The summed E-state index contributed by atoms with van der Waals surface area (Å²) in [6, 6.07) is 11.8. The lowest BCUT2D eigenvalue weighted by Gasteiger charge is -2.31. The average molecular weight is 434 g/mol. The molecular weight excluding hydrogens is 411 g/mol. The molecule has 160 valence electrons. The number of piperidine rings is 1. The van der Waals surface area contributed by atoms with Crippen molar-refractivity contribution < 1.29 is 27.1 Å². The molecule has 0 aromatic heterocycles. The van der Waals surface area contributed by atoms with Crippen LogP contribution in [0.2, 0.25) is 0 Å². The van der Waals surface area contributed by atoms with Crippen molar-refractivity contribution in [2.45, 2.75) is 24.3 Å². The van der Waals surface area contributed by atoms with Gasteiger partial charge >= 0.3 is 5.97 Å². The van der Waals surface area contributed by atoms with Gasteiger partial charge in [0.15, 0.2) is 0 Å². The van der Waals surface area contributed by atoms with Crippen molar-refractivity contribution in [3.8, 4) is 0 Å². The number of ether oxygens (including phenoxy) is 1. The molecule has 2 aromatic rings. The molecule has 1 saturated heterocycles. The van der Waals surface area contributed by atoms with Gasteiger partial charge < -0.3 is 10.1 Å². The molecule has 1 aliphatic rings. The maximum atomic E-state index is 13.0. The van der Waals surface area contributed by atoms with Crippen molar-refractivity contribution in [3.05, 3.63) is 65.5 Å². The van der Waals surface area contributed by atoms with E-state index in [1.54, 1.807) is 24.3 Å². The zero-order chi connectivity index (χ0) is 21.7. The molecule has 30 heavy (non-hydrogen) atoms. The van der Waals surface area contributed by atoms with Crippen LogP contribution in [0, 0.1) is 11.7 Å². The van der Waals surface area contributed by atoms with Crippen molar-refractivity contribution in [3.63, 3.8) is 0 Å². The van der Waals surface area contributed by atoms with Crippen LogP contribution in [-0.2, 0) is 26.1 Å². The molecule has 1 N–H and O–H groups in total. The highest BCUT2D eigenvalue weighted by Gasteiger charge is 2.34. The van der Waals surface area contributed by atoms with E-state index in [1.807, 2.05) is 0 Å². The summed E-state index contributed by atoms with van der Waals surface area (Å²) in [6.07, 6.45) is 0.740. The molecule has 0 saturated carbocycles. The van der Waals surface area contributed by atoms with E-state index < -0.39 is 16.0 Å². The number of rotatable bonds is 6. The van der Waals surface area contributed by atoms with Crippen LogP contribution in [-0.4, -0.2) is 44.8 Å². The Hall–Kier alpha value is -2.78. The standard InChI is InChI=1S/C21H23FN2O5S/c1-29-21(26)18-4-2-3-5-19(18)30(27,28)24-12-10-16(11-13-24)20(25)23-14-15-6-8-17(22)9-7-15/h2-9,16H,10-14H2,1H3,(H,23,25). The fourth-order valence-corrected chi connectivity index (χ4v) is 5.05. The van der Waals surface area contributed by atoms with Crippen LogP contribution in [0.15, 0.2) is 53.4 Å². The predicted octanol–water partition coefficient (Wildman–Crippen LogP) is 2.33. The maximum absolute atomic E-state index is 13.0. The van der Waals surface area contributed by atoms with E-state index in [2.05, 4.69) is 10.1 Å². The molecule has 7 nitrogen and oxygen atoms in total. The maximum Gasteiger partial charge on any atom is 0.339 e. The first-order valence-electron chi connectivity index (χ1n) is 9.52. The Kier molecular flexibility index (Phi) is 6.84. The number of benzene rings is 2. The van der Waals surface area contributed by atoms with E-state index in [1.165, 1.54) is 35.7 Å². The van der Waals surface area contributed by atoms with Gasteiger partial charge in [-0.2, -0.15) is 4.31 Å². The Balaban J connectivity index is 1.61. The molecule has 9 heteroatoms. The number of methoxy groups -OCH3 is 1. The van der Waals surface area contributed by atoms with E-state index >= 15 is 0 Å². The third kappa shape index (κ3) is 4.85. The van der Waals surface area contributed by atoms with Crippen LogP contribution in [0.25, 0.3) is 0 Å². The quantitative estimate of drug-likeness (QED) is 0.705. The number of hydrogen-bond donors (Lipinski definition) is 1. The molecule has 0 atom stereocenters. The normalized spacial score (nSPS) is 15.5. The second kappa shape index (κ2) is 9.36. The zero-order valence-corrected chi connectivity index (χ0v) is 17.3. The molecule has 0 unspecified atom stereocenters. The topological polar surface area (TPSA) is 92.8 Å². The Morgan fingerprint density at radius 2 is 1.73 bits per heavy atom. The van der Waals surface area contributed by atoms with Gasteiger partial charge in [-0.05, 0) is 42.7 Å². The average Bonchev–Trinajstić information content (AvgIpc) is 2.78. The predicted molar refractivity (Wildman–Crippen MR) is 108 cm³/mol. The molecule has 0 bridgehead atoms. The summed E-state index contributed by atoms with van der Waals surface area (Å²) in [5.74, 6) is -1.53. The Morgan fingerprint density at radius 1 is 1.10 bits per heavy atom. The van der Waals surface area contributed by atoms with Crippen molar-refractivity contribution >= 4 is 21.9 Å². The van der Waals surface area contributed by atoms with E-state index in [0.717, 1.165) is 5.56 Å². The summed E-state index contributed by atoms with van der Waals surface area (Å²) in [4.78, 5) is 24.3. The number of amides is 1. The molecule has 1 aliphatic heterocycles. The molecule has 1 amide bonds. The number of carbonyl (C=O) groups excluding carboxylic acids is 2. The van der Waals surface area contributed by atoms with Crippen molar-refractivity contribution in [1.29, 1.82) is 0 Å². The largest absolute Gasteiger partial charge is 0.465 e. The Bertz CT molecular complexity index is 1020. The molecule has 1 heterocycles. The van der Waals surface area contributed by atoms with E-state index in [9.17, 15) is 22.4 Å². The van der Waals surface area contributed by atoms with Crippen molar-refractivity contribution in [2.75, 3.05) is 20.2 Å². The summed E-state index contributed by atoms with van der Waals surface area (Å²) < 4.78 is 45.0. The summed E-state index contributed by atoms with van der Waals surface area (Å²) in [5.41, 5.74) is 0.767. The molecular formula is C21H23FN2O5S. The highest BCUT2D eigenvalue weighted by Crippen LogP contribution is 2.26. The summed E-state index contributed by atoms with van der Waals surface area (Å²) in [5, 5.41) is 2.81. The first kappa shape index (κ1) is 21.9. The first-order valence-corrected chi connectivity index (χ1v) is 11.0. The molecule has 2 aromatic carbocycles. The summed E-state index contributed by atoms with van der Waals surface area (Å²) >= 11 is 0. The number of sulfonamides is 1. The number of nitrogens with zero attached hydrogens (tertiary/aromatic N) is 1. The highest BCUT2D eigenvalue weighted by atomic mass is 32.2. The van der Waals surface area contributed by atoms with Gasteiger partial charge in [0.25, 0.3) is 0 Å². The van der Waals surface area contributed by atoms with Crippen LogP contribution in [0.5, 0.6) is 0 Å². The summed E-state index contributed by atoms with van der Waals surface area (Å²) in [7, 11) is -2.69. The van der Waals surface area contributed by atoms with E-state index in [0.29, 0.717) is 12.8 Å². The fraction of sp³-hybridized carbons (Fsp3) is 0.333. The number of carbonyl (C=O) groups is 2. The van der Waals surface area contributed by atoms with Gasteiger partial charge in [0.05, 0.1) is 17.6 Å². The third-order valence-electron chi connectivity index (χ3n) is 5.11. The van der Waals surface area contributed by atoms with Crippen LogP contribution >= 0.6 is 0 Å². The van der Waals surface area contributed by atoms with Crippen molar-refractivity contribution in [1.82, 2.24) is 9.62 Å². The van der Waals surface area contributed by atoms with Gasteiger partial charge in [0.1, 0.15) is 5.82 Å². The monoisotopic (exact) mass is 434 g/mol. The molecule has 1 fully saturated rings. The van der Waals surface area contributed by atoms with Gasteiger partial charge in [-0.1, -0.05) is 24.3 Å². The van der Waals surface area contributed by atoms with Crippen LogP contribution < -0.4 is 5.32 Å². The van der Waals surface area contributed by atoms with Gasteiger partial charge in [0.2, 0.25) is 15.9 Å². The first-order chi connectivity index (χ1) is 14.3. The van der Waals surface area contributed by atoms with Gasteiger partial charge in [-0.15, -0.1) is 0 Å². The lowest BCUT2D eigenvalue weighted by Crippen LogP contribution is -2.43. The van der Waals surface area contributed by atoms with Gasteiger partial charge in [0, 0.05) is 25.6 Å². The number of nitrogens with one attached hydrogen (secondary N) is 1. The molecule has 0 radical (unpaired) electrons. The minimum Gasteiger partial charge on any atom is -0.465 e. The Morgan fingerprint density at radius 3 is 2.37 bits per heavy atom. The Labute approximate surface area is 174 Å². The second-order valence-corrected chi connectivity index (χ2v) is 8.92. The molecule has 0 spiro atoms. The molecule has 0 aliphatic carbocycles. The second-order valence-electron chi connectivity index (χ2n) is 7.01. The molecule has 3 rings (SSSR count). The number of hydrogen-bond acceptors (Lipinski definition) is 5. The van der Waals surface area contributed by atoms with Crippen molar-refractivity contribution in [2.24, 2.45) is 5.92 Å². The minimum absolute atomic E-state index is 0.0147. The smallest absolute Gasteiger partial charge is 0.339 e. The number of esters is 1. The fourth-order valence-electron chi connectivity index (χ4n) is 3.40. The number of halogens is 1. The van der Waals surface area contributed by atoms with Gasteiger partial charge in [-0.25, -0.2) is 17.6 Å². The zero-order valence-electron chi connectivity index (χ0n) is 16.5. The van der Waals surface area contributed by atoms with E-state index in [4.69, 9.17) is 0 Å². The van der Waals surface area contributed by atoms with E-state index in [-0.39, 0.29) is 47.7 Å². The third-order valence-corrected chi connectivity index (χ3v) is 7.07. The van der Waals surface area contributed by atoms with Crippen LogP contribution in [0.3, 0.4) is 0 Å². The minimum atomic E-state index is -3.89. The van der Waals surface area contributed by atoms with Crippen LogP contribution in [0.4, 0.5) is 4.39 Å².